The van der Waals surface area contributed by atoms with Gasteiger partial charge in [0.25, 0.3) is 0 Å². The van der Waals surface area contributed by atoms with E-state index < -0.39 is 0 Å². The molecule has 1 atom stereocenters. The molecule has 0 aliphatic rings. The second-order valence-electron chi connectivity index (χ2n) is 4.71. The van der Waals surface area contributed by atoms with Crippen molar-refractivity contribution in [3.05, 3.63) is 64.7 Å². The molecule has 0 fully saturated rings. The molecule has 2 aromatic rings. The summed E-state index contributed by atoms with van der Waals surface area (Å²) in [6, 6.07) is 16.8. The van der Waals surface area contributed by atoms with Crippen LogP contribution in [0.1, 0.15) is 18.1 Å². The first-order chi connectivity index (χ1) is 9.15. The SMILES string of the molecule is CC(N)Cc1ccc(SCc2ccccc2)cc1Cl. The maximum absolute atomic E-state index is 6.29. The first-order valence-electron chi connectivity index (χ1n) is 6.36. The van der Waals surface area contributed by atoms with Gasteiger partial charge in [0.15, 0.2) is 0 Å². The van der Waals surface area contributed by atoms with Crippen molar-refractivity contribution < 1.29 is 0 Å². The van der Waals surface area contributed by atoms with Gasteiger partial charge in [-0.25, -0.2) is 0 Å². The number of rotatable bonds is 5. The van der Waals surface area contributed by atoms with Crippen LogP contribution >= 0.6 is 23.4 Å². The highest BCUT2D eigenvalue weighted by atomic mass is 35.5. The number of hydrogen-bond acceptors (Lipinski definition) is 2. The van der Waals surface area contributed by atoms with Crippen LogP contribution in [-0.2, 0) is 12.2 Å². The van der Waals surface area contributed by atoms with Gasteiger partial charge in [0.2, 0.25) is 0 Å². The van der Waals surface area contributed by atoms with Crippen molar-refractivity contribution in [3.63, 3.8) is 0 Å². The van der Waals surface area contributed by atoms with E-state index in [1.54, 1.807) is 11.8 Å². The Balaban J connectivity index is 2.00. The van der Waals surface area contributed by atoms with Gasteiger partial charge < -0.3 is 5.73 Å². The van der Waals surface area contributed by atoms with Gasteiger partial charge in [-0.3, -0.25) is 0 Å². The van der Waals surface area contributed by atoms with E-state index in [1.807, 2.05) is 19.1 Å². The van der Waals surface area contributed by atoms with Crippen LogP contribution in [0.2, 0.25) is 5.02 Å². The lowest BCUT2D eigenvalue weighted by molar-refractivity contribution is 0.738. The van der Waals surface area contributed by atoms with Crippen LogP contribution in [0, 0.1) is 0 Å². The van der Waals surface area contributed by atoms with E-state index in [2.05, 4.69) is 36.4 Å². The average molecular weight is 292 g/mol. The van der Waals surface area contributed by atoms with E-state index in [-0.39, 0.29) is 6.04 Å². The lowest BCUT2D eigenvalue weighted by Gasteiger charge is -2.09. The second kappa shape index (κ2) is 6.99. The van der Waals surface area contributed by atoms with Crippen LogP contribution < -0.4 is 5.73 Å². The van der Waals surface area contributed by atoms with Crippen LogP contribution in [-0.4, -0.2) is 6.04 Å². The minimum Gasteiger partial charge on any atom is -0.328 e. The van der Waals surface area contributed by atoms with Gasteiger partial charge in [0, 0.05) is 21.7 Å². The molecule has 0 aromatic heterocycles. The summed E-state index contributed by atoms with van der Waals surface area (Å²) in [7, 11) is 0. The third kappa shape index (κ3) is 4.57. The zero-order valence-electron chi connectivity index (χ0n) is 11.0. The van der Waals surface area contributed by atoms with Crippen molar-refractivity contribution in [2.24, 2.45) is 5.73 Å². The van der Waals surface area contributed by atoms with Crippen LogP contribution in [0.5, 0.6) is 0 Å². The lowest BCUT2D eigenvalue weighted by Crippen LogP contribution is -2.17. The molecule has 1 unspecified atom stereocenters. The minimum absolute atomic E-state index is 0.139. The molecule has 0 saturated heterocycles. The number of halogens is 1. The first kappa shape index (κ1) is 14.4. The summed E-state index contributed by atoms with van der Waals surface area (Å²) in [5, 5.41) is 0.815. The molecule has 0 bridgehead atoms. The zero-order chi connectivity index (χ0) is 13.7. The Morgan fingerprint density at radius 3 is 2.53 bits per heavy atom. The molecule has 3 heteroatoms. The van der Waals surface area contributed by atoms with Crippen molar-refractivity contribution in [1.82, 2.24) is 0 Å². The van der Waals surface area contributed by atoms with Crippen molar-refractivity contribution in [2.75, 3.05) is 0 Å². The van der Waals surface area contributed by atoms with Crippen LogP contribution in [0.3, 0.4) is 0 Å². The smallest absolute Gasteiger partial charge is 0.0449 e. The van der Waals surface area contributed by atoms with Gasteiger partial charge in [-0.15, -0.1) is 11.8 Å². The third-order valence-corrected chi connectivity index (χ3v) is 4.23. The number of benzene rings is 2. The van der Waals surface area contributed by atoms with Gasteiger partial charge in [0.1, 0.15) is 0 Å². The Kier molecular flexibility index (Phi) is 5.32. The van der Waals surface area contributed by atoms with Gasteiger partial charge in [-0.2, -0.15) is 0 Å². The molecular formula is C16H18ClNS. The van der Waals surface area contributed by atoms with Crippen molar-refractivity contribution in [2.45, 2.75) is 30.0 Å². The molecule has 1 nitrogen and oxygen atoms in total. The Bertz CT molecular complexity index is 526. The van der Waals surface area contributed by atoms with Gasteiger partial charge in [0.05, 0.1) is 0 Å². The third-order valence-electron chi connectivity index (χ3n) is 2.81. The maximum Gasteiger partial charge on any atom is 0.0449 e. The summed E-state index contributed by atoms with van der Waals surface area (Å²) >= 11 is 8.09. The molecule has 0 aliphatic carbocycles. The predicted octanol–water partition coefficient (Wildman–Crippen LogP) is 4.52. The highest BCUT2D eigenvalue weighted by Crippen LogP contribution is 2.28. The summed E-state index contributed by atoms with van der Waals surface area (Å²) in [4.78, 5) is 1.20. The Morgan fingerprint density at radius 2 is 1.89 bits per heavy atom. The van der Waals surface area contributed by atoms with Crippen LogP contribution in [0.15, 0.2) is 53.4 Å². The summed E-state index contributed by atoms with van der Waals surface area (Å²) in [5.74, 6) is 0.962. The molecule has 0 amide bonds. The number of thioether (sulfide) groups is 1. The van der Waals surface area contributed by atoms with Gasteiger partial charge >= 0.3 is 0 Å². The van der Waals surface area contributed by atoms with E-state index in [9.17, 15) is 0 Å². The molecule has 19 heavy (non-hydrogen) atoms. The van der Waals surface area contributed by atoms with E-state index >= 15 is 0 Å². The molecule has 0 aliphatic heterocycles. The monoisotopic (exact) mass is 291 g/mol. The highest BCUT2D eigenvalue weighted by molar-refractivity contribution is 7.98. The summed E-state index contributed by atoms with van der Waals surface area (Å²) < 4.78 is 0. The van der Waals surface area contributed by atoms with E-state index in [1.165, 1.54) is 10.5 Å². The van der Waals surface area contributed by atoms with Crippen molar-refractivity contribution in [3.8, 4) is 0 Å². The topological polar surface area (TPSA) is 26.0 Å². The fourth-order valence-electron chi connectivity index (χ4n) is 1.87. The molecule has 0 saturated carbocycles. The maximum atomic E-state index is 6.29. The van der Waals surface area contributed by atoms with E-state index in [0.29, 0.717) is 0 Å². The molecule has 0 heterocycles. The van der Waals surface area contributed by atoms with Crippen molar-refractivity contribution in [1.29, 1.82) is 0 Å². The number of hydrogen-bond donors (Lipinski definition) is 1. The molecule has 2 N–H and O–H groups in total. The fourth-order valence-corrected chi connectivity index (χ4v) is 3.08. The molecule has 2 rings (SSSR count). The Labute approximate surface area is 124 Å². The lowest BCUT2D eigenvalue weighted by atomic mass is 10.1. The van der Waals surface area contributed by atoms with E-state index in [4.69, 9.17) is 17.3 Å². The number of nitrogens with two attached hydrogens (primary N) is 1. The predicted molar refractivity (Wildman–Crippen MR) is 84.8 cm³/mol. The Morgan fingerprint density at radius 1 is 1.16 bits per heavy atom. The fraction of sp³-hybridized carbons (Fsp3) is 0.250. The average Bonchev–Trinajstić information content (AvgIpc) is 2.40. The second-order valence-corrected chi connectivity index (χ2v) is 6.16. The molecule has 100 valence electrons. The molecule has 2 aromatic carbocycles. The molecular weight excluding hydrogens is 274 g/mol. The first-order valence-corrected chi connectivity index (χ1v) is 7.72. The Hall–Kier alpha value is -0.960. The molecule has 0 spiro atoms. The summed E-state index contributed by atoms with van der Waals surface area (Å²) in [6.07, 6.45) is 0.822. The molecule has 0 radical (unpaired) electrons. The standard InChI is InChI=1S/C16H18ClNS/c1-12(18)9-14-7-8-15(10-16(14)17)19-11-13-5-3-2-4-6-13/h2-8,10,12H,9,11,18H2,1H3. The van der Waals surface area contributed by atoms with Gasteiger partial charge in [-0.1, -0.05) is 48.0 Å². The van der Waals surface area contributed by atoms with E-state index in [0.717, 1.165) is 22.8 Å². The quantitative estimate of drug-likeness (QED) is 0.820. The van der Waals surface area contributed by atoms with Crippen LogP contribution in [0.4, 0.5) is 0 Å². The highest BCUT2D eigenvalue weighted by Gasteiger charge is 2.05. The minimum atomic E-state index is 0.139. The van der Waals surface area contributed by atoms with Gasteiger partial charge in [-0.05, 0) is 36.6 Å². The normalized spacial score (nSPS) is 12.4. The largest absolute Gasteiger partial charge is 0.328 e. The summed E-state index contributed by atoms with van der Waals surface area (Å²) in [6.45, 7) is 1.99. The summed E-state index contributed by atoms with van der Waals surface area (Å²) in [5.41, 5.74) is 8.25. The van der Waals surface area contributed by atoms with Crippen molar-refractivity contribution >= 4 is 23.4 Å². The zero-order valence-corrected chi connectivity index (χ0v) is 12.5. The van der Waals surface area contributed by atoms with Crippen LogP contribution in [0.25, 0.3) is 0 Å².